The highest BCUT2D eigenvalue weighted by Crippen LogP contribution is 2.23. The van der Waals surface area contributed by atoms with E-state index in [1.54, 1.807) is 0 Å². The molecular formula is C23H31NO4. The van der Waals surface area contributed by atoms with Gasteiger partial charge in [-0.25, -0.2) is 0 Å². The highest BCUT2D eigenvalue weighted by molar-refractivity contribution is 5.35. The molecule has 5 nitrogen and oxygen atoms in total. The summed E-state index contributed by atoms with van der Waals surface area (Å²) in [5.74, 6) is 2.95. The number of aliphatic hydroxyl groups is 1. The summed E-state index contributed by atoms with van der Waals surface area (Å²) >= 11 is 0. The van der Waals surface area contributed by atoms with Crippen molar-refractivity contribution >= 4 is 0 Å². The Hall–Kier alpha value is -2.08. The molecule has 0 radical (unpaired) electrons. The summed E-state index contributed by atoms with van der Waals surface area (Å²) in [6.07, 6.45) is 1.77. The largest absolute Gasteiger partial charge is 0.491 e. The minimum atomic E-state index is -0.497. The van der Waals surface area contributed by atoms with E-state index < -0.39 is 6.10 Å². The molecule has 1 saturated heterocycles. The first-order valence-electron chi connectivity index (χ1n) is 10.2. The van der Waals surface area contributed by atoms with Gasteiger partial charge in [-0.2, -0.15) is 0 Å². The molecule has 0 saturated carbocycles. The van der Waals surface area contributed by atoms with Gasteiger partial charge in [-0.1, -0.05) is 18.2 Å². The lowest BCUT2D eigenvalue weighted by Gasteiger charge is -2.32. The van der Waals surface area contributed by atoms with Crippen LogP contribution in [0.3, 0.4) is 0 Å². The maximum Gasteiger partial charge on any atom is 0.127 e. The van der Waals surface area contributed by atoms with Gasteiger partial charge in [0.05, 0.1) is 0 Å². The van der Waals surface area contributed by atoms with Gasteiger partial charge >= 0.3 is 0 Å². The fourth-order valence-electron chi connectivity index (χ4n) is 3.39. The van der Waals surface area contributed by atoms with Gasteiger partial charge in [-0.15, -0.1) is 0 Å². The smallest absolute Gasteiger partial charge is 0.127 e. The molecule has 0 spiro atoms. The third kappa shape index (κ3) is 6.82. The molecule has 1 N–H and O–H groups in total. The van der Waals surface area contributed by atoms with Crippen molar-refractivity contribution in [3.05, 3.63) is 54.6 Å². The molecule has 28 heavy (non-hydrogen) atoms. The van der Waals surface area contributed by atoms with E-state index in [4.69, 9.17) is 14.2 Å². The molecule has 3 rings (SSSR count). The Labute approximate surface area is 167 Å². The van der Waals surface area contributed by atoms with Crippen molar-refractivity contribution in [1.82, 2.24) is 4.90 Å². The topological polar surface area (TPSA) is 51.2 Å². The monoisotopic (exact) mass is 385 g/mol. The number of ether oxygens (including phenoxy) is 3. The third-order valence-corrected chi connectivity index (χ3v) is 4.98. The number of hydrogen-bond donors (Lipinski definition) is 1. The number of hydrogen-bond acceptors (Lipinski definition) is 5. The van der Waals surface area contributed by atoms with Crippen molar-refractivity contribution in [2.45, 2.75) is 25.9 Å². The highest BCUT2D eigenvalue weighted by atomic mass is 16.5. The van der Waals surface area contributed by atoms with Crippen LogP contribution in [0.25, 0.3) is 0 Å². The van der Waals surface area contributed by atoms with Gasteiger partial charge in [-0.05, 0) is 75.2 Å². The highest BCUT2D eigenvalue weighted by Gasteiger charge is 2.21. The van der Waals surface area contributed by atoms with Crippen LogP contribution in [0.5, 0.6) is 17.2 Å². The second kappa shape index (κ2) is 11.1. The van der Waals surface area contributed by atoms with E-state index in [0.717, 1.165) is 56.4 Å². The Morgan fingerprint density at radius 2 is 1.61 bits per heavy atom. The van der Waals surface area contributed by atoms with Gasteiger partial charge in [0.25, 0.3) is 0 Å². The van der Waals surface area contributed by atoms with Crippen molar-refractivity contribution in [2.75, 3.05) is 39.5 Å². The molecule has 1 aliphatic heterocycles. The second-order valence-corrected chi connectivity index (χ2v) is 7.25. The van der Waals surface area contributed by atoms with Crippen LogP contribution >= 0.6 is 0 Å². The van der Waals surface area contributed by atoms with Crippen LogP contribution in [-0.2, 0) is 4.74 Å². The molecule has 0 amide bonds. The zero-order chi connectivity index (χ0) is 19.6. The number of piperidine rings is 1. The number of benzene rings is 2. The first kappa shape index (κ1) is 20.6. The molecule has 2 aromatic carbocycles. The minimum absolute atomic E-state index is 0.289. The van der Waals surface area contributed by atoms with E-state index in [-0.39, 0.29) is 6.61 Å². The summed E-state index contributed by atoms with van der Waals surface area (Å²) in [5.41, 5.74) is 0. The number of aliphatic hydroxyl groups excluding tert-OH is 1. The van der Waals surface area contributed by atoms with Crippen LogP contribution in [0.4, 0.5) is 0 Å². The van der Waals surface area contributed by atoms with Gasteiger partial charge in [0.15, 0.2) is 0 Å². The van der Waals surface area contributed by atoms with Crippen LogP contribution in [0.2, 0.25) is 0 Å². The van der Waals surface area contributed by atoms with E-state index in [2.05, 4.69) is 4.90 Å². The summed E-state index contributed by atoms with van der Waals surface area (Å²) in [5, 5.41) is 10.3. The fourth-order valence-corrected chi connectivity index (χ4v) is 3.39. The van der Waals surface area contributed by atoms with E-state index >= 15 is 0 Å². The molecular weight excluding hydrogens is 354 g/mol. The predicted octanol–water partition coefficient (Wildman–Crippen LogP) is 3.97. The SMILES string of the molecule is CCOCC1CCN(CC(O)COc2ccc(Oc3ccccc3)cc2)CC1. The van der Waals surface area contributed by atoms with Crippen molar-refractivity contribution in [3.8, 4) is 17.2 Å². The first-order chi connectivity index (χ1) is 13.7. The number of nitrogens with zero attached hydrogens (tertiary/aromatic N) is 1. The number of likely N-dealkylation sites (tertiary alicyclic amines) is 1. The number of para-hydroxylation sites is 1. The molecule has 0 bridgehead atoms. The Morgan fingerprint density at radius 3 is 2.29 bits per heavy atom. The summed E-state index contributed by atoms with van der Waals surface area (Å²) in [7, 11) is 0. The lowest BCUT2D eigenvalue weighted by molar-refractivity contribution is 0.0379. The summed E-state index contributed by atoms with van der Waals surface area (Å²) in [4.78, 5) is 2.31. The Morgan fingerprint density at radius 1 is 0.964 bits per heavy atom. The fraction of sp³-hybridized carbons (Fsp3) is 0.478. The first-order valence-corrected chi connectivity index (χ1v) is 10.2. The molecule has 0 aromatic heterocycles. The zero-order valence-corrected chi connectivity index (χ0v) is 16.6. The maximum absolute atomic E-state index is 10.3. The van der Waals surface area contributed by atoms with E-state index in [1.807, 2.05) is 61.5 Å². The number of β-amino-alcohol motifs (C(OH)–C–C–N with tert-alkyl or cyclic N) is 1. The Kier molecular flexibility index (Phi) is 8.15. The predicted molar refractivity (Wildman–Crippen MR) is 110 cm³/mol. The molecule has 1 heterocycles. The van der Waals surface area contributed by atoms with Gasteiger partial charge < -0.3 is 24.2 Å². The van der Waals surface area contributed by atoms with E-state index in [0.29, 0.717) is 12.5 Å². The van der Waals surface area contributed by atoms with Crippen LogP contribution in [0, 0.1) is 5.92 Å². The maximum atomic E-state index is 10.3. The molecule has 0 aliphatic carbocycles. The Bertz CT molecular complexity index is 669. The quantitative estimate of drug-likeness (QED) is 0.671. The summed E-state index contributed by atoms with van der Waals surface area (Å²) in [6.45, 7) is 6.65. The molecule has 1 atom stereocenters. The van der Waals surface area contributed by atoms with Gasteiger partial charge in [0.1, 0.15) is 30.0 Å². The Balaban J connectivity index is 1.36. The standard InChI is InChI=1S/C23H31NO4/c1-2-26-17-19-12-14-24(15-13-19)16-20(25)18-27-21-8-10-23(11-9-21)28-22-6-4-3-5-7-22/h3-11,19-20,25H,2,12-18H2,1H3. The normalized spacial score (nSPS) is 16.6. The van der Waals surface area contributed by atoms with Crippen molar-refractivity contribution < 1.29 is 19.3 Å². The summed E-state index contributed by atoms with van der Waals surface area (Å²) in [6, 6.07) is 17.1. The lowest BCUT2D eigenvalue weighted by atomic mass is 9.97. The third-order valence-electron chi connectivity index (χ3n) is 4.98. The summed E-state index contributed by atoms with van der Waals surface area (Å²) < 4.78 is 17.0. The molecule has 1 aliphatic rings. The van der Waals surface area contributed by atoms with Crippen LogP contribution < -0.4 is 9.47 Å². The van der Waals surface area contributed by atoms with E-state index in [1.165, 1.54) is 0 Å². The van der Waals surface area contributed by atoms with E-state index in [9.17, 15) is 5.11 Å². The average Bonchev–Trinajstić information content (AvgIpc) is 2.73. The van der Waals surface area contributed by atoms with Gasteiger partial charge in [-0.3, -0.25) is 0 Å². The van der Waals surface area contributed by atoms with Crippen LogP contribution in [-0.4, -0.2) is 55.6 Å². The van der Waals surface area contributed by atoms with Crippen molar-refractivity contribution in [3.63, 3.8) is 0 Å². The lowest BCUT2D eigenvalue weighted by Crippen LogP contribution is -2.41. The van der Waals surface area contributed by atoms with Gasteiger partial charge in [0.2, 0.25) is 0 Å². The number of rotatable bonds is 10. The molecule has 2 aromatic rings. The molecule has 5 heteroatoms. The van der Waals surface area contributed by atoms with Crippen molar-refractivity contribution in [2.24, 2.45) is 5.92 Å². The van der Waals surface area contributed by atoms with Crippen molar-refractivity contribution in [1.29, 1.82) is 0 Å². The van der Waals surface area contributed by atoms with Crippen LogP contribution in [0.1, 0.15) is 19.8 Å². The van der Waals surface area contributed by atoms with Crippen LogP contribution in [0.15, 0.2) is 54.6 Å². The van der Waals surface area contributed by atoms with Gasteiger partial charge in [0, 0.05) is 19.8 Å². The zero-order valence-electron chi connectivity index (χ0n) is 16.6. The minimum Gasteiger partial charge on any atom is -0.491 e. The second-order valence-electron chi connectivity index (χ2n) is 7.25. The molecule has 152 valence electrons. The molecule has 1 unspecified atom stereocenters. The molecule has 1 fully saturated rings. The average molecular weight is 386 g/mol.